The van der Waals surface area contributed by atoms with Gasteiger partial charge >= 0.3 is 0 Å². The largest absolute Gasteiger partial charge is 0.312 e. The lowest BCUT2D eigenvalue weighted by atomic mass is 10.1. The molecule has 1 N–H and O–H groups in total. The molecule has 0 atom stereocenters. The number of hydrogen-bond donors (Lipinski definition) is 1. The minimum Gasteiger partial charge on any atom is -0.312 e. The van der Waals surface area contributed by atoms with Crippen LogP contribution in [0.1, 0.15) is 45.5 Å². The topological polar surface area (TPSA) is 29.9 Å². The van der Waals surface area contributed by atoms with Crippen LogP contribution in [0.2, 0.25) is 0 Å². The second-order valence-corrected chi connectivity index (χ2v) is 6.96. The number of aromatic nitrogens is 2. The van der Waals surface area contributed by atoms with Crippen molar-refractivity contribution in [2.75, 3.05) is 6.54 Å². The van der Waals surface area contributed by atoms with E-state index >= 15 is 0 Å². The zero-order valence-corrected chi connectivity index (χ0v) is 14.6. The van der Waals surface area contributed by atoms with Gasteiger partial charge in [0.05, 0.1) is 15.9 Å². The number of nitrogens with zero attached hydrogens (tertiary/aromatic N) is 2. The predicted molar refractivity (Wildman–Crippen MR) is 85.5 cm³/mol. The SMILES string of the molecule is CC(=CCCNC(C)(C)C)Cc1c(Br)c(C)nn1C. The van der Waals surface area contributed by atoms with Crippen LogP contribution in [-0.2, 0) is 13.5 Å². The van der Waals surface area contributed by atoms with Crippen LogP contribution >= 0.6 is 15.9 Å². The Labute approximate surface area is 125 Å². The number of allylic oxidation sites excluding steroid dienone is 1. The molecule has 0 fully saturated rings. The Bertz CT molecular complexity index is 453. The first-order valence-corrected chi connectivity index (χ1v) is 7.58. The van der Waals surface area contributed by atoms with E-state index in [2.05, 4.69) is 60.1 Å². The Morgan fingerprint density at radius 1 is 1.42 bits per heavy atom. The van der Waals surface area contributed by atoms with Crippen molar-refractivity contribution in [1.82, 2.24) is 15.1 Å². The highest BCUT2D eigenvalue weighted by molar-refractivity contribution is 9.10. The summed E-state index contributed by atoms with van der Waals surface area (Å²) in [5.74, 6) is 0. The number of nitrogens with one attached hydrogen (secondary N) is 1. The lowest BCUT2D eigenvalue weighted by Gasteiger charge is -2.19. The van der Waals surface area contributed by atoms with Crippen molar-refractivity contribution in [3.8, 4) is 0 Å². The van der Waals surface area contributed by atoms with Gasteiger partial charge < -0.3 is 5.32 Å². The fourth-order valence-corrected chi connectivity index (χ4v) is 2.45. The lowest BCUT2D eigenvalue weighted by molar-refractivity contribution is 0.431. The Kier molecular flexibility index (Phi) is 5.81. The standard InChI is InChI=1S/C15H26BrN3/c1-11(8-7-9-17-15(3,4)5)10-13-14(16)12(2)18-19(13)6/h8,17H,7,9-10H2,1-6H3. The van der Waals surface area contributed by atoms with E-state index in [4.69, 9.17) is 0 Å². The molecule has 0 bridgehead atoms. The van der Waals surface area contributed by atoms with Crippen molar-refractivity contribution in [3.05, 3.63) is 27.5 Å². The summed E-state index contributed by atoms with van der Waals surface area (Å²) in [7, 11) is 2.00. The van der Waals surface area contributed by atoms with Crippen LogP contribution in [0.4, 0.5) is 0 Å². The van der Waals surface area contributed by atoms with Gasteiger partial charge in [0.2, 0.25) is 0 Å². The molecule has 0 amide bonds. The maximum atomic E-state index is 4.42. The predicted octanol–water partition coefficient (Wildman–Crippen LogP) is 3.76. The molecular weight excluding hydrogens is 302 g/mol. The van der Waals surface area contributed by atoms with Gasteiger partial charge in [-0.3, -0.25) is 4.68 Å². The molecule has 3 nitrogen and oxygen atoms in total. The number of aryl methyl sites for hydroxylation is 2. The number of halogens is 1. The maximum Gasteiger partial charge on any atom is 0.0738 e. The van der Waals surface area contributed by atoms with Crippen LogP contribution < -0.4 is 5.32 Å². The minimum absolute atomic E-state index is 0.198. The molecule has 0 aliphatic heterocycles. The van der Waals surface area contributed by atoms with Gasteiger partial charge in [0.15, 0.2) is 0 Å². The van der Waals surface area contributed by atoms with E-state index < -0.39 is 0 Å². The third kappa shape index (κ3) is 5.49. The van der Waals surface area contributed by atoms with Gasteiger partial charge in [0, 0.05) is 19.0 Å². The Morgan fingerprint density at radius 3 is 2.53 bits per heavy atom. The first kappa shape index (κ1) is 16.4. The van der Waals surface area contributed by atoms with E-state index in [1.807, 2.05) is 18.7 Å². The molecule has 0 aliphatic rings. The molecule has 0 aromatic carbocycles. The third-order valence-corrected chi connectivity index (χ3v) is 4.03. The minimum atomic E-state index is 0.198. The highest BCUT2D eigenvalue weighted by Crippen LogP contribution is 2.22. The molecule has 0 saturated carbocycles. The monoisotopic (exact) mass is 327 g/mol. The normalized spacial score (nSPS) is 13.1. The first-order valence-electron chi connectivity index (χ1n) is 6.79. The summed E-state index contributed by atoms with van der Waals surface area (Å²) in [6, 6.07) is 0. The molecule has 0 aliphatic carbocycles. The molecule has 1 rings (SSSR count). The van der Waals surface area contributed by atoms with Crippen molar-refractivity contribution in [2.24, 2.45) is 7.05 Å². The Hall–Kier alpha value is -0.610. The highest BCUT2D eigenvalue weighted by Gasteiger charge is 2.11. The van der Waals surface area contributed by atoms with E-state index in [0.29, 0.717) is 0 Å². The summed E-state index contributed by atoms with van der Waals surface area (Å²) >= 11 is 3.61. The van der Waals surface area contributed by atoms with Crippen LogP contribution in [0.5, 0.6) is 0 Å². The summed E-state index contributed by atoms with van der Waals surface area (Å²) < 4.78 is 3.10. The van der Waals surface area contributed by atoms with E-state index in [9.17, 15) is 0 Å². The van der Waals surface area contributed by atoms with Crippen LogP contribution in [0.3, 0.4) is 0 Å². The molecule has 4 heteroatoms. The second-order valence-electron chi connectivity index (χ2n) is 6.16. The average molecular weight is 328 g/mol. The molecule has 0 saturated heterocycles. The van der Waals surface area contributed by atoms with Crippen molar-refractivity contribution < 1.29 is 0 Å². The third-order valence-electron chi connectivity index (χ3n) is 3.00. The molecule has 0 unspecified atom stereocenters. The molecule has 0 spiro atoms. The zero-order chi connectivity index (χ0) is 14.6. The fraction of sp³-hybridized carbons (Fsp3) is 0.667. The summed E-state index contributed by atoms with van der Waals surface area (Å²) in [5, 5.41) is 7.92. The summed E-state index contributed by atoms with van der Waals surface area (Å²) in [4.78, 5) is 0. The van der Waals surface area contributed by atoms with Gasteiger partial charge in [0.25, 0.3) is 0 Å². The molecule has 1 aromatic rings. The van der Waals surface area contributed by atoms with Crippen LogP contribution in [0, 0.1) is 6.92 Å². The van der Waals surface area contributed by atoms with Gasteiger partial charge in [0.1, 0.15) is 0 Å². The highest BCUT2D eigenvalue weighted by atomic mass is 79.9. The smallest absolute Gasteiger partial charge is 0.0738 e. The molecule has 19 heavy (non-hydrogen) atoms. The van der Waals surface area contributed by atoms with Crippen LogP contribution in [-0.4, -0.2) is 21.9 Å². The van der Waals surface area contributed by atoms with Crippen molar-refractivity contribution >= 4 is 15.9 Å². The van der Waals surface area contributed by atoms with Gasteiger partial charge in [-0.25, -0.2) is 0 Å². The average Bonchev–Trinajstić information content (AvgIpc) is 2.50. The zero-order valence-electron chi connectivity index (χ0n) is 13.0. The maximum absolute atomic E-state index is 4.42. The van der Waals surface area contributed by atoms with Crippen LogP contribution in [0.15, 0.2) is 16.1 Å². The van der Waals surface area contributed by atoms with Gasteiger partial charge in [-0.15, -0.1) is 0 Å². The van der Waals surface area contributed by atoms with E-state index in [-0.39, 0.29) is 5.54 Å². The van der Waals surface area contributed by atoms with Crippen LogP contribution in [0.25, 0.3) is 0 Å². The molecule has 1 aromatic heterocycles. The van der Waals surface area contributed by atoms with Gasteiger partial charge in [-0.2, -0.15) is 5.10 Å². The lowest BCUT2D eigenvalue weighted by Crippen LogP contribution is -2.36. The molecule has 108 valence electrons. The second kappa shape index (κ2) is 6.71. The summed E-state index contributed by atoms with van der Waals surface area (Å²) in [5.41, 5.74) is 3.89. The number of hydrogen-bond acceptors (Lipinski definition) is 2. The first-order chi connectivity index (χ1) is 8.70. The van der Waals surface area contributed by atoms with Crippen molar-refractivity contribution in [3.63, 3.8) is 0 Å². The van der Waals surface area contributed by atoms with Crippen molar-refractivity contribution in [2.45, 2.75) is 53.0 Å². The molecule has 0 radical (unpaired) electrons. The van der Waals surface area contributed by atoms with Crippen molar-refractivity contribution in [1.29, 1.82) is 0 Å². The quantitative estimate of drug-likeness (QED) is 0.659. The molecule has 1 heterocycles. The Balaban J connectivity index is 2.52. The van der Waals surface area contributed by atoms with E-state index in [1.54, 1.807) is 0 Å². The van der Waals surface area contributed by atoms with Gasteiger partial charge in [-0.1, -0.05) is 11.6 Å². The Morgan fingerprint density at radius 2 is 2.05 bits per heavy atom. The number of rotatable bonds is 5. The van der Waals surface area contributed by atoms with E-state index in [1.165, 1.54) is 11.3 Å². The summed E-state index contributed by atoms with van der Waals surface area (Å²) in [6.45, 7) is 11.8. The van der Waals surface area contributed by atoms with Gasteiger partial charge in [-0.05, 0) is 63.5 Å². The van der Waals surface area contributed by atoms with E-state index in [0.717, 1.165) is 29.6 Å². The molecular formula is C15H26BrN3. The summed E-state index contributed by atoms with van der Waals surface area (Å²) in [6.07, 6.45) is 4.33. The fourth-order valence-electron chi connectivity index (χ4n) is 1.97.